The van der Waals surface area contributed by atoms with Crippen LogP contribution in [-0.4, -0.2) is 46.1 Å². The van der Waals surface area contributed by atoms with Gasteiger partial charge in [-0.15, -0.1) is 0 Å². The monoisotopic (exact) mass is 688 g/mol. The van der Waals surface area contributed by atoms with Gasteiger partial charge in [-0.05, 0) is 64.2 Å². The molecule has 0 aromatic carbocycles. The van der Waals surface area contributed by atoms with Gasteiger partial charge in [-0.2, -0.15) is 0 Å². The summed E-state index contributed by atoms with van der Waals surface area (Å²) in [6, 6.07) is -0.816. The molecule has 0 aliphatic heterocycles. The molecule has 0 saturated carbocycles. The summed E-state index contributed by atoms with van der Waals surface area (Å²) in [5.41, 5.74) is 0. The Hall–Kier alpha value is -1.69. The second-order valence-corrected chi connectivity index (χ2v) is 14.2. The molecule has 0 bridgehead atoms. The molecule has 3 atom stereocenters. The number of hydrogen-bond donors (Lipinski definition) is 4. The Labute approximate surface area is 304 Å². The van der Waals surface area contributed by atoms with Crippen molar-refractivity contribution in [1.82, 2.24) is 5.32 Å². The van der Waals surface area contributed by atoms with Crippen molar-refractivity contribution >= 4 is 5.91 Å². The summed E-state index contributed by atoms with van der Waals surface area (Å²) in [4.78, 5) is 12.4. The van der Waals surface area contributed by atoms with Crippen LogP contribution in [-0.2, 0) is 4.79 Å². The smallest absolute Gasteiger partial charge is 0.249 e. The summed E-state index contributed by atoms with van der Waals surface area (Å²) in [5.74, 6) is -0.521. The maximum absolute atomic E-state index is 12.4. The number of carbonyl (C=O) groups excluding carboxylic acids is 1. The summed E-state index contributed by atoms with van der Waals surface area (Å²) in [6.45, 7) is 4.13. The minimum absolute atomic E-state index is 0.380. The van der Waals surface area contributed by atoms with E-state index in [1.54, 1.807) is 6.08 Å². The molecule has 0 heterocycles. The third kappa shape index (κ3) is 34.5. The van der Waals surface area contributed by atoms with Gasteiger partial charge in [-0.1, -0.05) is 184 Å². The molecule has 0 aliphatic rings. The average Bonchev–Trinajstić information content (AvgIpc) is 3.11. The van der Waals surface area contributed by atoms with Crippen LogP contribution in [0.5, 0.6) is 0 Å². The molecule has 0 fully saturated rings. The minimum atomic E-state index is -1.11. The van der Waals surface area contributed by atoms with Crippen LogP contribution in [0.3, 0.4) is 0 Å². The summed E-state index contributed by atoms with van der Waals surface area (Å²) in [7, 11) is 0. The van der Waals surface area contributed by atoms with Crippen LogP contribution in [0.15, 0.2) is 48.6 Å². The number of rotatable bonds is 37. The van der Waals surface area contributed by atoms with E-state index in [1.165, 1.54) is 135 Å². The fraction of sp³-hybridized carbons (Fsp3) is 0.795. The fourth-order valence-corrected chi connectivity index (χ4v) is 6.05. The number of unbranched alkanes of at least 4 members (excludes halogenated alkanes) is 23. The van der Waals surface area contributed by atoms with Gasteiger partial charge in [-0.25, -0.2) is 0 Å². The number of aliphatic hydroxyl groups excluding tert-OH is 3. The van der Waals surface area contributed by atoms with Crippen molar-refractivity contribution < 1.29 is 20.1 Å². The molecule has 3 unspecified atom stereocenters. The topological polar surface area (TPSA) is 89.8 Å². The summed E-state index contributed by atoms with van der Waals surface area (Å²) < 4.78 is 0. The number of nitrogens with one attached hydrogen (secondary N) is 1. The van der Waals surface area contributed by atoms with Crippen molar-refractivity contribution in [3.63, 3.8) is 0 Å². The zero-order chi connectivity index (χ0) is 35.9. The van der Waals surface area contributed by atoms with Crippen molar-refractivity contribution in [2.75, 3.05) is 6.61 Å². The second kappa shape index (κ2) is 39.1. The van der Waals surface area contributed by atoms with E-state index in [2.05, 4.69) is 55.6 Å². The van der Waals surface area contributed by atoms with E-state index in [1.807, 2.05) is 6.08 Å². The van der Waals surface area contributed by atoms with Gasteiger partial charge in [0.1, 0.15) is 6.10 Å². The van der Waals surface area contributed by atoms with Crippen molar-refractivity contribution in [3.05, 3.63) is 48.6 Å². The van der Waals surface area contributed by atoms with Crippen LogP contribution in [0.1, 0.15) is 200 Å². The van der Waals surface area contributed by atoms with E-state index < -0.39 is 24.2 Å². The van der Waals surface area contributed by atoms with Gasteiger partial charge in [0.25, 0.3) is 0 Å². The maximum Gasteiger partial charge on any atom is 0.249 e. The van der Waals surface area contributed by atoms with Crippen molar-refractivity contribution in [2.45, 2.75) is 218 Å². The Balaban J connectivity index is 3.69. The Morgan fingerprint density at radius 3 is 1.37 bits per heavy atom. The summed E-state index contributed by atoms with van der Waals surface area (Å²) in [5, 5.41) is 33.0. The van der Waals surface area contributed by atoms with Crippen LogP contribution in [0, 0.1) is 0 Å². The lowest BCUT2D eigenvalue weighted by atomic mass is 10.0. The van der Waals surface area contributed by atoms with Gasteiger partial charge in [0, 0.05) is 0 Å². The first kappa shape index (κ1) is 47.3. The molecule has 0 spiro atoms. The highest BCUT2D eigenvalue weighted by Gasteiger charge is 2.22. The molecule has 5 nitrogen and oxygen atoms in total. The highest BCUT2D eigenvalue weighted by atomic mass is 16.3. The zero-order valence-electron chi connectivity index (χ0n) is 32.3. The minimum Gasteiger partial charge on any atom is -0.394 e. The predicted molar refractivity (Wildman–Crippen MR) is 213 cm³/mol. The second-order valence-electron chi connectivity index (χ2n) is 14.2. The van der Waals surface area contributed by atoms with Crippen molar-refractivity contribution in [3.8, 4) is 0 Å². The van der Waals surface area contributed by atoms with E-state index >= 15 is 0 Å². The van der Waals surface area contributed by atoms with Crippen LogP contribution in [0.2, 0.25) is 0 Å². The molecule has 0 rings (SSSR count). The van der Waals surface area contributed by atoms with E-state index in [0.717, 1.165) is 44.9 Å². The van der Waals surface area contributed by atoms with E-state index in [4.69, 9.17) is 0 Å². The highest BCUT2D eigenvalue weighted by Crippen LogP contribution is 2.13. The molecule has 0 saturated heterocycles. The Morgan fingerprint density at radius 1 is 0.510 bits per heavy atom. The van der Waals surface area contributed by atoms with Gasteiger partial charge in [0.05, 0.1) is 18.8 Å². The standard InChI is InChI=1S/C44H81NO4/c1-3-5-7-9-11-13-15-16-17-18-19-20-21-22-23-24-25-26-27-29-31-33-35-37-39-43(48)44(49)45-41(40-46)42(47)38-36-34-32-30-28-14-12-10-8-6-4-2/h19-20,22-23,28,30,36,38,41-43,46-48H,3-18,21,24-27,29,31-35,37,39-40H2,1-2H3,(H,45,49)/b20-19-,23-22-,30-28+,38-36+. The van der Waals surface area contributed by atoms with Gasteiger partial charge in [-0.3, -0.25) is 4.79 Å². The SMILES string of the molecule is CCCCCCC/C=C/CC/C=C/C(O)C(CO)NC(=O)C(O)CCCCCCCCCC/C=C\C/C=C\CCCCCCCCCCC. The first-order chi connectivity index (χ1) is 24.1. The first-order valence-corrected chi connectivity index (χ1v) is 21.0. The van der Waals surface area contributed by atoms with Crippen LogP contribution < -0.4 is 5.32 Å². The van der Waals surface area contributed by atoms with E-state index in [0.29, 0.717) is 6.42 Å². The lowest BCUT2D eigenvalue weighted by Crippen LogP contribution is -2.48. The third-order valence-electron chi connectivity index (χ3n) is 9.39. The van der Waals surface area contributed by atoms with Gasteiger partial charge >= 0.3 is 0 Å². The first-order valence-electron chi connectivity index (χ1n) is 21.0. The van der Waals surface area contributed by atoms with Crippen molar-refractivity contribution in [1.29, 1.82) is 0 Å². The van der Waals surface area contributed by atoms with Gasteiger partial charge < -0.3 is 20.6 Å². The number of amides is 1. The molecule has 1 amide bonds. The Kier molecular flexibility index (Phi) is 37.8. The molecular formula is C44H81NO4. The predicted octanol–water partition coefficient (Wildman–Crippen LogP) is 11.8. The quantitative estimate of drug-likeness (QED) is 0.0386. The molecular weight excluding hydrogens is 606 g/mol. The summed E-state index contributed by atoms with van der Waals surface area (Å²) >= 11 is 0. The number of hydrogen-bond acceptors (Lipinski definition) is 4. The van der Waals surface area contributed by atoms with E-state index in [-0.39, 0.29) is 6.61 Å². The molecule has 5 heteroatoms. The number of allylic oxidation sites excluding steroid dienone is 7. The van der Waals surface area contributed by atoms with Crippen LogP contribution in [0.4, 0.5) is 0 Å². The summed E-state index contributed by atoms with van der Waals surface area (Å²) in [6.07, 6.45) is 50.0. The van der Waals surface area contributed by atoms with Crippen LogP contribution in [0.25, 0.3) is 0 Å². The zero-order valence-corrected chi connectivity index (χ0v) is 32.3. The van der Waals surface area contributed by atoms with Crippen molar-refractivity contribution in [2.24, 2.45) is 0 Å². The maximum atomic E-state index is 12.4. The molecule has 4 N–H and O–H groups in total. The van der Waals surface area contributed by atoms with Gasteiger partial charge in [0.15, 0.2) is 0 Å². The molecule has 0 aromatic heterocycles. The highest BCUT2D eigenvalue weighted by molar-refractivity contribution is 5.80. The average molecular weight is 688 g/mol. The van der Waals surface area contributed by atoms with Gasteiger partial charge in [0.2, 0.25) is 5.91 Å². The number of carbonyl (C=O) groups is 1. The lowest BCUT2D eigenvalue weighted by Gasteiger charge is -2.21. The number of aliphatic hydroxyl groups is 3. The molecule has 286 valence electrons. The Bertz CT molecular complexity index is 805. The third-order valence-corrected chi connectivity index (χ3v) is 9.39. The molecule has 0 radical (unpaired) electrons. The molecule has 49 heavy (non-hydrogen) atoms. The normalized spacial score (nSPS) is 14.1. The molecule has 0 aliphatic carbocycles. The van der Waals surface area contributed by atoms with E-state index in [9.17, 15) is 20.1 Å². The largest absolute Gasteiger partial charge is 0.394 e. The Morgan fingerprint density at radius 2 is 0.898 bits per heavy atom. The van der Waals surface area contributed by atoms with Crippen LogP contribution >= 0.6 is 0 Å². The fourth-order valence-electron chi connectivity index (χ4n) is 6.05. The molecule has 0 aromatic rings. The lowest BCUT2D eigenvalue weighted by molar-refractivity contribution is -0.131.